The van der Waals surface area contributed by atoms with Crippen LogP contribution in [0.15, 0.2) is 30.3 Å². The van der Waals surface area contributed by atoms with Crippen LogP contribution >= 0.6 is 0 Å². The van der Waals surface area contributed by atoms with Crippen LogP contribution in [-0.2, 0) is 4.79 Å². The SMILES string of the molecule is C[C@H]1[C@]2(O)C[C@@H](c3ccccc3)C(C#N)(C#N)[C@]1(C#N)C(=O)N2. The Kier molecular flexibility index (Phi) is 2.98. The van der Waals surface area contributed by atoms with Gasteiger partial charge in [0, 0.05) is 18.3 Å². The number of hydrogen-bond donors (Lipinski definition) is 2. The maximum Gasteiger partial charge on any atom is 0.245 e. The molecule has 0 radical (unpaired) electrons. The number of nitrogens with zero attached hydrogens (tertiary/aromatic N) is 3. The third kappa shape index (κ3) is 1.50. The molecular formula is C17H14N4O2. The number of rotatable bonds is 1. The summed E-state index contributed by atoms with van der Waals surface area (Å²) < 4.78 is 0. The summed E-state index contributed by atoms with van der Waals surface area (Å²) in [5, 5.41) is 42.7. The van der Waals surface area contributed by atoms with Crippen LogP contribution in [0.1, 0.15) is 24.8 Å². The van der Waals surface area contributed by atoms with Crippen LogP contribution in [0, 0.1) is 50.7 Å². The molecule has 1 saturated carbocycles. The number of nitrogens with one attached hydrogen (secondary N) is 1. The normalized spacial score (nSPS) is 37.1. The van der Waals surface area contributed by atoms with Crippen molar-refractivity contribution in [3.05, 3.63) is 35.9 Å². The second kappa shape index (κ2) is 4.56. The summed E-state index contributed by atoms with van der Waals surface area (Å²) in [5.74, 6) is -2.37. The predicted molar refractivity (Wildman–Crippen MR) is 77.8 cm³/mol. The third-order valence-electron chi connectivity index (χ3n) is 5.45. The van der Waals surface area contributed by atoms with Crippen molar-refractivity contribution in [2.45, 2.75) is 25.0 Å². The van der Waals surface area contributed by atoms with Crippen molar-refractivity contribution in [1.82, 2.24) is 5.32 Å². The Labute approximate surface area is 133 Å². The fourth-order valence-electron chi connectivity index (χ4n) is 4.09. The average molecular weight is 306 g/mol. The van der Waals surface area contributed by atoms with Crippen molar-refractivity contribution < 1.29 is 9.90 Å². The van der Waals surface area contributed by atoms with Gasteiger partial charge in [0.15, 0.2) is 10.8 Å². The number of carbonyl (C=O) groups excluding carboxylic acids is 1. The lowest BCUT2D eigenvalue weighted by Crippen LogP contribution is -2.57. The third-order valence-corrected chi connectivity index (χ3v) is 5.45. The minimum Gasteiger partial charge on any atom is -0.371 e. The zero-order chi connectivity index (χ0) is 16.9. The maximum absolute atomic E-state index is 12.5. The molecule has 6 heteroatoms. The van der Waals surface area contributed by atoms with E-state index in [4.69, 9.17) is 0 Å². The van der Waals surface area contributed by atoms with Crippen LogP contribution in [-0.4, -0.2) is 16.7 Å². The minimum absolute atomic E-state index is 0.00840. The number of aliphatic hydroxyl groups is 1. The van der Waals surface area contributed by atoms with Gasteiger partial charge in [0.2, 0.25) is 5.91 Å². The molecule has 2 aliphatic rings. The number of amides is 1. The van der Waals surface area contributed by atoms with Crippen LogP contribution in [0.5, 0.6) is 0 Å². The summed E-state index contributed by atoms with van der Waals surface area (Å²) in [4.78, 5) is 12.5. The second-order valence-corrected chi connectivity index (χ2v) is 6.22. The highest BCUT2D eigenvalue weighted by Crippen LogP contribution is 2.64. The maximum atomic E-state index is 12.5. The highest BCUT2D eigenvalue weighted by atomic mass is 16.3. The Morgan fingerprint density at radius 3 is 2.30 bits per heavy atom. The smallest absolute Gasteiger partial charge is 0.245 e. The van der Waals surface area contributed by atoms with Crippen LogP contribution in [0.25, 0.3) is 0 Å². The Balaban J connectivity index is 2.34. The highest BCUT2D eigenvalue weighted by molar-refractivity contribution is 5.92. The number of hydrogen-bond acceptors (Lipinski definition) is 5. The van der Waals surface area contributed by atoms with E-state index in [-0.39, 0.29) is 6.42 Å². The molecule has 1 amide bonds. The highest BCUT2D eigenvalue weighted by Gasteiger charge is 2.77. The fourth-order valence-corrected chi connectivity index (χ4v) is 4.09. The van der Waals surface area contributed by atoms with E-state index in [1.807, 2.05) is 18.2 Å². The number of nitriles is 3. The molecule has 1 aliphatic carbocycles. The van der Waals surface area contributed by atoms with Gasteiger partial charge >= 0.3 is 0 Å². The number of carbonyl (C=O) groups is 1. The van der Waals surface area contributed by atoms with Crippen molar-refractivity contribution in [2.75, 3.05) is 0 Å². The number of benzene rings is 1. The van der Waals surface area contributed by atoms with Gasteiger partial charge in [-0.3, -0.25) is 4.79 Å². The number of fused-ring (bicyclic) bond motifs is 2. The van der Waals surface area contributed by atoms with Crippen molar-refractivity contribution in [1.29, 1.82) is 15.8 Å². The molecule has 1 aromatic rings. The van der Waals surface area contributed by atoms with Crippen molar-refractivity contribution in [3.8, 4) is 18.2 Å². The van der Waals surface area contributed by atoms with Crippen molar-refractivity contribution in [3.63, 3.8) is 0 Å². The van der Waals surface area contributed by atoms with E-state index in [2.05, 4.69) is 5.32 Å². The van der Waals surface area contributed by atoms with Gasteiger partial charge in [0.1, 0.15) is 5.72 Å². The molecule has 3 rings (SSSR count). The molecule has 2 fully saturated rings. The average Bonchev–Trinajstić information content (AvgIpc) is 2.71. The molecule has 0 spiro atoms. The molecule has 2 bridgehead atoms. The van der Waals surface area contributed by atoms with E-state index in [0.717, 1.165) is 0 Å². The van der Waals surface area contributed by atoms with Gasteiger partial charge in [-0.25, -0.2) is 0 Å². The van der Waals surface area contributed by atoms with Gasteiger partial charge in [-0.15, -0.1) is 0 Å². The van der Waals surface area contributed by atoms with Crippen LogP contribution in [0.2, 0.25) is 0 Å². The molecule has 1 heterocycles. The minimum atomic E-state index is -1.91. The summed E-state index contributed by atoms with van der Waals surface area (Å²) in [7, 11) is 0. The first kappa shape index (κ1) is 15.0. The molecular weight excluding hydrogens is 292 g/mol. The van der Waals surface area contributed by atoms with Crippen LogP contribution < -0.4 is 5.32 Å². The van der Waals surface area contributed by atoms with E-state index in [9.17, 15) is 25.7 Å². The summed E-state index contributed by atoms with van der Waals surface area (Å²) >= 11 is 0. The Bertz CT molecular complexity index is 787. The molecule has 1 aliphatic heterocycles. The standard InChI is InChI=1S/C17H14N4O2/c1-11-16(10-20)14(22)21-17(11,23)7-13(15(16,8-18)9-19)12-5-3-2-4-6-12/h2-6,11,13,23H,7H2,1H3,(H,21,22)/t11-,13+,16+,17-/m1/s1. The molecule has 2 N–H and O–H groups in total. The van der Waals surface area contributed by atoms with Gasteiger partial charge in [-0.2, -0.15) is 15.8 Å². The molecule has 114 valence electrons. The predicted octanol–water partition coefficient (Wildman–Crippen LogP) is 1.17. The largest absolute Gasteiger partial charge is 0.371 e. The second-order valence-electron chi connectivity index (χ2n) is 6.22. The van der Waals surface area contributed by atoms with Gasteiger partial charge in [0.25, 0.3) is 0 Å². The molecule has 0 unspecified atom stereocenters. The summed E-state index contributed by atoms with van der Waals surface area (Å²) in [6.45, 7) is 1.53. The Morgan fingerprint density at radius 1 is 1.17 bits per heavy atom. The lowest BCUT2D eigenvalue weighted by Gasteiger charge is -2.48. The monoisotopic (exact) mass is 306 g/mol. The molecule has 1 aromatic carbocycles. The Hall–Kier alpha value is -2.88. The first-order valence-corrected chi connectivity index (χ1v) is 7.25. The van der Waals surface area contributed by atoms with E-state index >= 15 is 0 Å². The molecule has 23 heavy (non-hydrogen) atoms. The molecule has 1 saturated heterocycles. The van der Waals surface area contributed by atoms with Crippen molar-refractivity contribution >= 4 is 5.91 Å². The first-order chi connectivity index (χ1) is 10.9. The molecule has 4 atom stereocenters. The fraction of sp³-hybridized carbons (Fsp3) is 0.412. The van der Waals surface area contributed by atoms with Crippen molar-refractivity contribution in [2.24, 2.45) is 16.7 Å². The van der Waals surface area contributed by atoms with E-state index in [1.165, 1.54) is 6.92 Å². The van der Waals surface area contributed by atoms with E-state index in [0.29, 0.717) is 5.56 Å². The lowest BCUT2D eigenvalue weighted by atomic mass is 9.48. The summed E-state index contributed by atoms with van der Waals surface area (Å²) in [6.07, 6.45) is 0.00840. The Morgan fingerprint density at radius 2 is 1.78 bits per heavy atom. The quantitative estimate of drug-likeness (QED) is 0.806. The topological polar surface area (TPSA) is 121 Å². The molecule has 0 aromatic heterocycles. The molecule has 6 nitrogen and oxygen atoms in total. The van der Waals surface area contributed by atoms with Gasteiger partial charge in [-0.1, -0.05) is 37.3 Å². The zero-order valence-electron chi connectivity index (χ0n) is 12.4. The van der Waals surface area contributed by atoms with Crippen LogP contribution in [0.4, 0.5) is 0 Å². The van der Waals surface area contributed by atoms with Gasteiger partial charge in [-0.05, 0) is 5.56 Å². The first-order valence-electron chi connectivity index (χ1n) is 7.25. The van der Waals surface area contributed by atoms with E-state index in [1.54, 1.807) is 30.3 Å². The van der Waals surface area contributed by atoms with Gasteiger partial charge in [0.05, 0.1) is 18.2 Å². The zero-order valence-corrected chi connectivity index (χ0v) is 12.4. The van der Waals surface area contributed by atoms with Crippen LogP contribution in [0.3, 0.4) is 0 Å². The van der Waals surface area contributed by atoms with Gasteiger partial charge < -0.3 is 10.4 Å². The summed E-state index contributed by atoms with van der Waals surface area (Å²) in [6, 6.07) is 14.6. The lowest BCUT2D eigenvalue weighted by molar-refractivity contribution is -0.130. The summed E-state index contributed by atoms with van der Waals surface area (Å²) in [5.41, 5.74) is -4.74. The van der Waals surface area contributed by atoms with E-state index < -0.39 is 34.3 Å².